The number of rotatable bonds is 6. The predicted molar refractivity (Wildman–Crippen MR) is 60.9 cm³/mol. The van der Waals surface area contributed by atoms with Crippen molar-refractivity contribution in [3.8, 4) is 0 Å². The van der Waals surface area contributed by atoms with E-state index in [1.165, 1.54) is 26.4 Å². The summed E-state index contributed by atoms with van der Waals surface area (Å²) in [6.45, 7) is 0.285. The Hall–Kier alpha value is -1.46. The number of halogens is 1. The van der Waals surface area contributed by atoms with E-state index in [0.29, 0.717) is 0 Å². The Morgan fingerprint density at radius 3 is 2.41 bits per heavy atom. The molecule has 94 valence electrons. The summed E-state index contributed by atoms with van der Waals surface area (Å²) in [4.78, 5) is 11.5. The van der Waals surface area contributed by atoms with Gasteiger partial charge in [0.1, 0.15) is 5.82 Å². The molecule has 1 aromatic carbocycles. The molecule has 0 atom stereocenters. The van der Waals surface area contributed by atoms with Crippen LogP contribution in [0.1, 0.15) is 5.56 Å². The summed E-state index contributed by atoms with van der Waals surface area (Å²) >= 11 is 0. The molecule has 0 aliphatic heterocycles. The third kappa shape index (κ3) is 4.93. The average molecular weight is 241 g/mol. The topological polar surface area (TPSA) is 47.6 Å². The van der Waals surface area contributed by atoms with Crippen LogP contribution < -0.4 is 5.32 Å². The number of hydrogen-bond acceptors (Lipinski definition) is 3. The highest BCUT2D eigenvalue weighted by Gasteiger charge is 2.08. The molecule has 0 aromatic heterocycles. The predicted octanol–water partition coefficient (Wildman–Crippen LogP) is 1.10. The molecule has 0 bridgehead atoms. The van der Waals surface area contributed by atoms with E-state index >= 15 is 0 Å². The highest BCUT2D eigenvalue weighted by molar-refractivity contribution is 5.78. The molecule has 4 nitrogen and oxygen atoms in total. The molecule has 0 aliphatic rings. The number of nitrogens with one attached hydrogen (secondary N) is 1. The Kier molecular flexibility index (Phi) is 5.59. The summed E-state index contributed by atoms with van der Waals surface area (Å²) in [5.41, 5.74) is 0.760. The van der Waals surface area contributed by atoms with Crippen LogP contribution in [-0.2, 0) is 20.7 Å². The Bertz CT molecular complexity index is 349. The van der Waals surface area contributed by atoms with Crippen LogP contribution >= 0.6 is 0 Å². The maximum absolute atomic E-state index is 12.6. The van der Waals surface area contributed by atoms with E-state index < -0.39 is 6.29 Å². The van der Waals surface area contributed by atoms with Gasteiger partial charge in [-0.1, -0.05) is 12.1 Å². The Balaban J connectivity index is 2.37. The van der Waals surface area contributed by atoms with Crippen molar-refractivity contribution in [2.45, 2.75) is 12.7 Å². The van der Waals surface area contributed by atoms with Crippen LogP contribution in [0.5, 0.6) is 0 Å². The summed E-state index contributed by atoms with van der Waals surface area (Å²) in [5, 5.41) is 2.67. The van der Waals surface area contributed by atoms with Gasteiger partial charge in [0.05, 0.1) is 13.0 Å². The first-order valence-corrected chi connectivity index (χ1v) is 5.22. The molecule has 17 heavy (non-hydrogen) atoms. The molecule has 0 heterocycles. The molecule has 1 N–H and O–H groups in total. The van der Waals surface area contributed by atoms with Gasteiger partial charge in [-0.05, 0) is 17.7 Å². The molecule has 0 spiro atoms. The van der Waals surface area contributed by atoms with Crippen molar-refractivity contribution in [1.82, 2.24) is 5.32 Å². The zero-order valence-corrected chi connectivity index (χ0v) is 9.90. The molecule has 1 amide bonds. The maximum atomic E-state index is 12.6. The second kappa shape index (κ2) is 6.98. The van der Waals surface area contributed by atoms with Gasteiger partial charge in [0, 0.05) is 14.2 Å². The number of hydrogen-bond donors (Lipinski definition) is 1. The molecule has 0 saturated carbocycles. The van der Waals surface area contributed by atoms with Crippen LogP contribution in [0.3, 0.4) is 0 Å². The normalized spacial score (nSPS) is 10.6. The molecular weight excluding hydrogens is 225 g/mol. The smallest absolute Gasteiger partial charge is 0.224 e. The van der Waals surface area contributed by atoms with Gasteiger partial charge in [-0.2, -0.15) is 0 Å². The first-order valence-electron chi connectivity index (χ1n) is 5.22. The fourth-order valence-corrected chi connectivity index (χ4v) is 1.31. The fraction of sp³-hybridized carbons (Fsp3) is 0.417. The molecule has 0 aliphatic carbocycles. The summed E-state index contributed by atoms with van der Waals surface area (Å²) in [7, 11) is 3.00. The van der Waals surface area contributed by atoms with Gasteiger partial charge in [0.2, 0.25) is 5.91 Å². The number of ether oxygens (including phenoxy) is 2. The number of carbonyl (C=O) groups is 1. The van der Waals surface area contributed by atoms with Gasteiger partial charge in [0.25, 0.3) is 0 Å². The molecule has 1 aromatic rings. The average Bonchev–Trinajstić information content (AvgIpc) is 2.33. The van der Waals surface area contributed by atoms with Crippen molar-refractivity contribution in [2.24, 2.45) is 0 Å². The lowest BCUT2D eigenvalue weighted by Crippen LogP contribution is -2.34. The number of carbonyl (C=O) groups excluding carboxylic acids is 1. The third-order valence-electron chi connectivity index (χ3n) is 2.27. The Morgan fingerprint density at radius 2 is 1.88 bits per heavy atom. The van der Waals surface area contributed by atoms with Crippen LogP contribution in [0, 0.1) is 5.82 Å². The van der Waals surface area contributed by atoms with Crippen molar-refractivity contribution in [3.63, 3.8) is 0 Å². The standard InChI is InChI=1S/C12H16FNO3/c1-16-12(17-2)8-14-11(15)7-9-3-5-10(13)6-4-9/h3-6,12H,7-8H2,1-2H3,(H,14,15). The molecule has 0 radical (unpaired) electrons. The second-order valence-electron chi connectivity index (χ2n) is 3.51. The molecule has 0 unspecified atom stereocenters. The minimum atomic E-state index is -0.452. The second-order valence-corrected chi connectivity index (χ2v) is 3.51. The van der Waals surface area contributed by atoms with Gasteiger partial charge in [-0.25, -0.2) is 4.39 Å². The molecule has 0 saturated heterocycles. The van der Waals surface area contributed by atoms with Gasteiger partial charge in [-0.15, -0.1) is 0 Å². The summed E-state index contributed by atoms with van der Waals surface area (Å²) < 4.78 is 22.5. The minimum absolute atomic E-state index is 0.157. The SMILES string of the molecule is COC(CNC(=O)Cc1ccc(F)cc1)OC. The highest BCUT2D eigenvalue weighted by atomic mass is 19.1. The van der Waals surface area contributed by atoms with Crippen LogP contribution in [0.25, 0.3) is 0 Å². The molecule has 0 fully saturated rings. The first-order chi connectivity index (χ1) is 8.15. The van der Waals surface area contributed by atoms with Crippen LogP contribution in [-0.4, -0.2) is 33.0 Å². The first kappa shape index (κ1) is 13.6. The van der Waals surface area contributed by atoms with Crippen molar-refractivity contribution in [1.29, 1.82) is 0 Å². The van der Waals surface area contributed by atoms with E-state index in [1.807, 2.05) is 0 Å². The molecule has 5 heteroatoms. The Labute approximate surface area is 99.7 Å². The van der Waals surface area contributed by atoms with Crippen molar-refractivity contribution < 1.29 is 18.7 Å². The quantitative estimate of drug-likeness (QED) is 0.759. The van der Waals surface area contributed by atoms with Crippen LogP contribution in [0.4, 0.5) is 4.39 Å². The van der Waals surface area contributed by atoms with Crippen molar-refractivity contribution >= 4 is 5.91 Å². The number of methoxy groups -OCH3 is 2. The largest absolute Gasteiger partial charge is 0.354 e. The lowest BCUT2D eigenvalue weighted by atomic mass is 10.1. The van der Waals surface area contributed by atoms with Crippen molar-refractivity contribution in [2.75, 3.05) is 20.8 Å². The van der Waals surface area contributed by atoms with E-state index in [4.69, 9.17) is 9.47 Å². The lowest BCUT2D eigenvalue weighted by molar-refractivity contribution is -0.126. The summed E-state index contributed by atoms with van der Waals surface area (Å²) in [6, 6.07) is 5.82. The van der Waals surface area contributed by atoms with Crippen LogP contribution in [0.2, 0.25) is 0 Å². The molecular formula is C12H16FNO3. The zero-order valence-electron chi connectivity index (χ0n) is 9.90. The zero-order chi connectivity index (χ0) is 12.7. The Morgan fingerprint density at radius 1 is 1.29 bits per heavy atom. The summed E-state index contributed by atoms with van der Waals surface area (Å²) in [5.74, 6) is -0.469. The van der Waals surface area contributed by atoms with Gasteiger partial charge < -0.3 is 14.8 Å². The maximum Gasteiger partial charge on any atom is 0.224 e. The fourth-order valence-electron chi connectivity index (χ4n) is 1.31. The lowest BCUT2D eigenvalue weighted by Gasteiger charge is -2.13. The highest BCUT2D eigenvalue weighted by Crippen LogP contribution is 2.03. The molecule has 1 rings (SSSR count). The van der Waals surface area contributed by atoms with Crippen molar-refractivity contribution in [3.05, 3.63) is 35.6 Å². The monoisotopic (exact) mass is 241 g/mol. The van der Waals surface area contributed by atoms with Gasteiger partial charge in [0.15, 0.2) is 6.29 Å². The minimum Gasteiger partial charge on any atom is -0.354 e. The third-order valence-corrected chi connectivity index (χ3v) is 2.27. The van der Waals surface area contributed by atoms with E-state index in [-0.39, 0.29) is 24.7 Å². The van der Waals surface area contributed by atoms with E-state index in [0.717, 1.165) is 5.56 Å². The van der Waals surface area contributed by atoms with E-state index in [9.17, 15) is 9.18 Å². The number of amides is 1. The van der Waals surface area contributed by atoms with E-state index in [2.05, 4.69) is 5.32 Å². The van der Waals surface area contributed by atoms with Gasteiger partial charge >= 0.3 is 0 Å². The van der Waals surface area contributed by atoms with E-state index in [1.54, 1.807) is 12.1 Å². The number of benzene rings is 1. The van der Waals surface area contributed by atoms with Crippen LogP contribution in [0.15, 0.2) is 24.3 Å². The van der Waals surface area contributed by atoms with Gasteiger partial charge in [-0.3, -0.25) is 4.79 Å². The summed E-state index contributed by atoms with van der Waals surface area (Å²) in [6.07, 6.45) is -0.243.